The molecule has 1 rings (SSSR count). The van der Waals surface area contributed by atoms with Crippen molar-refractivity contribution in [3.8, 4) is 0 Å². The summed E-state index contributed by atoms with van der Waals surface area (Å²) in [5, 5.41) is 14.8. The van der Waals surface area contributed by atoms with E-state index in [1.54, 1.807) is 38.3 Å². The van der Waals surface area contributed by atoms with Crippen LogP contribution in [0.25, 0.3) is 0 Å². The monoisotopic (exact) mass is 252 g/mol. The Balaban J connectivity index is 2.35. The quantitative estimate of drug-likeness (QED) is 0.677. The van der Waals surface area contributed by atoms with E-state index < -0.39 is 6.10 Å². The zero-order chi connectivity index (χ0) is 13.4. The molecule has 0 aliphatic carbocycles. The molecule has 1 atom stereocenters. The summed E-state index contributed by atoms with van der Waals surface area (Å²) in [7, 11) is 1.63. The maximum absolute atomic E-state index is 11.5. The van der Waals surface area contributed by atoms with Gasteiger partial charge in [0.25, 0.3) is 0 Å². The second-order valence-electron chi connectivity index (χ2n) is 4.03. The third kappa shape index (κ3) is 5.16. The van der Waals surface area contributed by atoms with Crippen LogP contribution in [0.1, 0.15) is 25.0 Å². The van der Waals surface area contributed by atoms with Gasteiger partial charge in [-0.1, -0.05) is 12.1 Å². The molecule has 0 fully saturated rings. The van der Waals surface area contributed by atoms with Gasteiger partial charge in [0.05, 0.1) is 6.10 Å². The van der Waals surface area contributed by atoms with E-state index in [0.29, 0.717) is 18.8 Å². The first-order chi connectivity index (χ1) is 8.63. The van der Waals surface area contributed by atoms with Gasteiger partial charge in [-0.25, -0.2) is 4.79 Å². The Morgan fingerprint density at radius 3 is 2.61 bits per heavy atom. The molecule has 0 spiro atoms. The van der Waals surface area contributed by atoms with Crippen LogP contribution in [0.15, 0.2) is 24.3 Å². The van der Waals surface area contributed by atoms with Gasteiger partial charge in [0.15, 0.2) is 0 Å². The van der Waals surface area contributed by atoms with Crippen LogP contribution in [-0.4, -0.2) is 31.4 Å². The van der Waals surface area contributed by atoms with E-state index in [0.717, 1.165) is 12.0 Å². The molecule has 1 aromatic rings. The van der Waals surface area contributed by atoms with Crippen LogP contribution in [0.4, 0.5) is 10.5 Å². The molecule has 0 saturated carbocycles. The minimum Gasteiger partial charge on any atom is -0.389 e. The number of amides is 2. The van der Waals surface area contributed by atoms with E-state index >= 15 is 0 Å². The van der Waals surface area contributed by atoms with Crippen molar-refractivity contribution in [3.05, 3.63) is 29.8 Å². The van der Waals surface area contributed by atoms with Crippen molar-refractivity contribution in [3.63, 3.8) is 0 Å². The highest BCUT2D eigenvalue weighted by Gasteiger charge is 2.03. The van der Waals surface area contributed by atoms with Crippen LogP contribution in [0.5, 0.6) is 0 Å². The predicted molar refractivity (Wildman–Crippen MR) is 70.6 cm³/mol. The molecular formula is C13H20N2O3. The molecular weight excluding hydrogens is 232 g/mol. The fourth-order valence-corrected chi connectivity index (χ4v) is 1.44. The summed E-state index contributed by atoms with van der Waals surface area (Å²) >= 11 is 0. The molecule has 18 heavy (non-hydrogen) atoms. The van der Waals surface area contributed by atoms with E-state index in [9.17, 15) is 9.90 Å². The average Bonchev–Trinajstić information content (AvgIpc) is 2.35. The number of rotatable bonds is 6. The van der Waals surface area contributed by atoms with E-state index in [2.05, 4.69) is 10.6 Å². The van der Waals surface area contributed by atoms with Gasteiger partial charge in [0.1, 0.15) is 0 Å². The molecule has 0 aliphatic rings. The molecule has 1 unspecified atom stereocenters. The van der Waals surface area contributed by atoms with E-state index in [4.69, 9.17) is 4.74 Å². The summed E-state index contributed by atoms with van der Waals surface area (Å²) in [6.45, 7) is 2.90. The Bertz CT molecular complexity index is 363. The van der Waals surface area contributed by atoms with Crippen LogP contribution in [0, 0.1) is 0 Å². The van der Waals surface area contributed by atoms with E-state index in [-0.39, 0.29) is 6.03 Å². The second kappa shape index (κ2) is 7.68. The first-order valence-corrected chi connectivity index (χ1v) is 5.95. The van der Waals surface area contributed by atoms with Crippen LogP contribution in [0.2, 0.25) is 0 Å². The van der Waals surface area contributed by atoms with Gasteiger partial charge in [-0.3, -0.25) is 0 Å². The van der Waals surface area contributed by atoms with Crippen molar-refractivity contribution in [2.24, 2.45) is 0 Å². The van der Waals surface area contributed by atoms with Crippen molar-refractivity contribution in [1.29, 1.82) is 0 Å². The third-order valence-corrected chi connectivity index (χ3v) is 2.46. The summed E-state index contributed by atoms with van der Waals surface area (Å²) in [6, 6.07) is 6.85. The average molecular weight is 252 g/mol. The summed E-state index contributed by atoms with van der Waals surface area (Å²) < 4.78 is 4.88. The highest BCUT2D eigenvalue weighted by Crippen LogP contribution is 2.15. The van der Waals surface area contributed by atoms with Crippen LogP contribution < -0.4 is 10.6 Å². The number of nitrogens with one attached hydrogen (secondary N) is 2. The standard InChI is InChI=1S/C13H20N2O3/c1-10(16)11-4-6-12(7-5-11)15-13(17)14-8-3-9-18-2/h4-7,10,16H,3,8-9H2,1-2H3,(H2,14,15,17). The van der Waals surface area contributed by atoms with Crippen LogP contribution in [-0.2, 0) is 4.74 Å². The summed E-state index contributed by atoms with van der Waals surface area (Å²) in [5.74, 6) is 0. The molecule has 0 bridgehead atoms. The Morgan fingerprint density at radius 1 is 1.39 bits per heavy atom. The van der Waals surface area contributed by atoms with Gasteiger partial charge in [-0.2, -0.15) is 0 Å². The van der Waals surface area contributed by atoms with Crippen molar-refractivity contribution in [2.45, 2.75) is 19.4 Å². The van der Waals surface area contributed by atoms with E-state index in [1.807, 2.05) is 0 Å². The maximum atomic E-state index is 11.5. The van der Waals surface area contributed by atoms with Gasteiger partial charge < -0.3 is 20.5 Å². The topological polar surface area (TPSA) is 70.6 Å². The Hall–Kier alpha value is -1.59. The largest absolute Gasteiger partial charge is 0.389 e. The number of aliphatic hydroxyl groups is 1. The molecule has 5 heteroatoms. The first-order valence-electron chi connectivity index (χ1n) is 5.95. The Labute approximate surface area is 107 Å². The number of carbonyl (C=O) groups is 1. The minimum atomic E-state index is -0.498. The van der Waals surface area contributed by atoms with Crippen molar-refractivity contribution >= 4 is 11.7 Å². The number of urea groups is 1. The van der Waals surface area contributed by atoms with Gasteiger partial charge >= 0.3 is 6.03 Å². The fourth-order valence-electron chi connectivity index (χ4n) is 1.44. The lowest BCUT2D eigenvalue weighted by Gasteiger charge is -2.09. The molecule has 100 valence electrons. The number of ether oxygens (including phenoxy) is 1. The summed E-state index contributed by atoms with van der Waals surface area (Å²) in [6.07, 6.45) is 0.284. The highest BCUT2D eigenvalue weighted by atomic mass is 16.5. The molecule has 2 amide bonds. The van der Waals surface area contributed by atoms with Crippen molar-refractivity contribution < 1.29 is 14.6 Å². The van der Waals surface area contributed by atoms with Crippen LogP contribution >= 0.6 is 0 Å². The second-order valence-corrected chi connectivity index (χ2v) is 4.03. The molecule has 0 heterocycles. The van der Waals surface area contributed by atoms with Crippen LogP contribution in [0.3, 0.4) is 0 Å². The van der Waals surface area contributed by atoms with Gasteiger partial charge in [0, 0.05) is 25.9 Å². The lowest BCUT2D eigenvalue weighted by atomic mass is 10.1. The molecule has 5 nitrogen and oxygen atoms in total. The van der Waals surface area contributed by atoms with Gasteiger partial charge in [0.2, 0.25) is 0 Å². The molecule has 1 aromatic carbocycles. The molecule has 0 aromatic heterocycles. The summed E-state index contributed by atoms with van der Waals surface area (Å²) in [4.78, 5) is 11.5. The lowest BCUT2D eigenvalue weighted by molar-refractivity contribution is 0.194. The van der Waals surface area contributed by atoms with Gasteiger partial charge in [-0.05, 0) is 31.0 Å². The highest BCUT2D eigenvalue weighted by molar-refractivity contribution is 5.89. The van der Waals surface area contributed by atoms with E-state index in [1.165, 1.54) is 0 Å². The zero-order valence-corrected chi connectivity index (χ0v) is 10.8. The number of hydrogen-bond acceptors (Lipinski definition) is 3. The number of hydrogen-bond donors (Lipinski definition) is 3. The minimum absolute atomic E-state index is 0.240. The molecule has 0 radical (unpaired) electrons. The first kappa shape index (κ1) is 14.5. The lowest BCUT2D eigenvalue weighted by Crippen LogP contribution is -2.30. The molecule has 3 N–H and O–H groups in total. The number of benzene rings is 1. The summed E-state index contributed by atoms with van der Waals surface area (Å²) in [5.41, 5.74) is 1.52. The number of anilines is 1. The number of methoxy groups -OCH3 is 1. The predicted octanol–water partition coefficient (Wildman–Crippen LogP) is 1.90. The van der Waals surface area contributed by atoms with Crippen molar-refractivity contribution in [1.82, 2.24) is 5.32 Å². The SMILES string of the molecule is COCCCNC(=O)Nc1ccc(C(C)O)cc1. The molecule has 0 aliphatic heterocycles. The Morgan fingerprint density at radius 2 is 2.06 bits per heavy atom. The smallest absolute Gasteiger partial charge is 0.319 e. The van der Waals surface area contributed by atoms with Gasteiger partial charge in [-0.15, -0.1) is 0 Å². The fraction of sp³-hybridized carbons (Fsp3) is 0.462. The normalized spacial score (nSPS) is 11.9. The number of carbonyl (C=O) groups excluding carboxylic acids is 1. The maximum Gasteiger partial charge on any atom is 0.319 e. The zero-order valence-electron chi connectivity index (χ0n) is 10.8. The molecule has 0 saturated heterocycles. The number of aliphatic hydroxyl groups excluding tert-OH is 1. The third-order valence-electron chi connectivity index (χ3n) is 2.46. The van der Waals surface area contributed by atoms with Crippen molar-refractivity contribution in [2.75, 3.05) is 25.6 Å². The Kier molecular flexibility index (Phi) is 6.18.